The van der Waals surface area contributed by atoms with Crippen molar-refractivity contribution < 1.29 is 37.3 Å². The lowest BCUT2D eigenvalue weighted by atomic mass is 9.91. The maximum Gasteiger partial charge on any atom is 0.359 e. The molecule has 0 radical (unpaired) electrons. The van der Waals surface area contributed by atoms with E-state index in [1.165, 1.54) is 17.9 Å². The summed E-state index contributed by atoms with van der Waals surface area (Å²) in [5.41, 5.74) is -0.695. The van der Waals surface area contributed by atoms with Gasteiger partial charge in [0.2, 0.25) is 5.43 Å². The molecule has 224 valence electrons. The molecule has 1 fully saturated rings. The molecule has 0 N–H and O–H groups in total. The summed E-state index contributed by atoms with van der Waals surface area (Å²) in [4.78, 5) is 39.9. The van der Waals surface area contributed by atoms with Gasteiger partial charge in [0.15, 0.2) is 17.3 Å². The molecule has 1 aromatic heterocycles. The lowest BCUT2D eigenvalue weighted by Gasteiger charge is -2.35. The van der Waals surface area contributed by atoms with Crippen LogP contribution in [-0.4, -0.2) is 35.8 Å². The van der Waals surface area contributed by atoms with E-state index in [9.17, 15) is 23.2 Å². The Bertz CT molecular complexity index is 1490. The molecule has 2 aromatic carbocycles. The smallest absolute Gasteiger partial charge is 0.359 e. The van der Waals surface area contributed by atoms with Gasteiger partial charge in [-0.1, -0.05) is 54.8 Å². The average molecular weight is 604 g/mol. The van der Waals surface area contributed by atoms with Crippen molar-refractivity contribution >= 4 is 23.5 Å². The van der Waals surface area contributed by atoms with E-state index in [1.54, 1.807) is 13.8 Å². The zero-order valence-corrected chi connectivity index (χ0v) is 24.3. The van der Waals surface area contributed by atoms with Gasteiger partial charge in [-0.15, -0.1) is 0 Å². The van der Waals surface area contributed by atoms with Crippen molar-refractivity contribution in [1.29, 1.82) is 0 Å². The highest BCUT2D eigenvalue weighted by molar-refractivity contribution is 6.30. The highest BCUT2D eigenvalue weighted by atomic mass is 35.5. The molecule has 1 heterocycles. The van der Waals surface area contributed by atoms with E-state index in [0.717, 1.165) is 30.5 Å². The predicted octanol–water partition coefficient (Wildman–Crippen LogP) is 6.41. The molecule has 8 nitrogen and oxygen atoms in total. The molecular weight excluding hydrogens is 572 g/mol. The third-order valence-corrected chi connectivity index (χ3v) is 7.30. The number of hydrogen-bond acceptors (Lipinski definition) is 7. The van der Waals surface area contributed by atoms with Crippen molar-refractivity contribution in [2.24, 2.45) is 0 Å². The summed E-state index contributed by atoms with van der Waals surface area (Å²) in [5, 5.41) is -0.737. The minimum absolute atomic E-state index is 0.149. The first-order valence-electron chi connectivity index (χ1n) is 13.6. The summed E-state index contributed by atoms with van der Waals surface area (Å²) < 4.78 is 51.8. The number of esters is 2. The van der Waals surface area contributed by atoms with Crippen LogP contribution < -0.4 is 10.2 Å². The fraction of sp³-hybridized carbons (Fsp3) is 0.387. The molecule has 4 rings (SSSR count). The van der Waals surface area contributed by atoms with Gasteiger partial charge in [0.1, 0.15) is 23.0 Å². The molecular formula is C31H32ClF2NO7. The summed E-state index contributed by atoms with van der Waals surface area (Å²) in [6.07, 6.45) is 3.34. The topological polar surface area (TPSA) is 93.1 Å². The molecule has 0 aliphatic heterocycles. The minimum atomic E-state index is -1.09. The SMILES string of the molecule is COc1c(C(=O)OC(C)C)n([C@H]2CCCC[C@@H]2OCc2ccccc2)cc(C(=O)OCc2ccc(F)c(Cl)c2F)c1=O. The number of rotatable bonds is 10. The summed E-state index contributed by atoms with van der Waals surface area (Å²) in [5.74, 6) is -4.31. The van der Waals surface area contributed by atoms with Gasteiger partial charge < -0.3 is 23.5 Å². The Kier molecular flexibility index (Phi) is 10.3. The Morgan fingerprint density at radius 2 is 1.74 bits per heavy atom. The molecule has 1 aliphatic rings. The van der Waals surface area contributed by atoms with E-state index in [2.05, 4.69) is 0 Å². The molecule has 0 saturated heterocycles. The molecule has 0 spiro atoms. The second-order valence-corrected chi connectivity index (χ2v) is 10.6. The molecule has 1 saturated carbocycles. The van der Waals surface area contributed by atoms with Crippen LogP contribution in [0.25, 0.3) is 0 Å². The van der Waals surface area contributed by atoms with Crippen LogP contribution in [0.2, 0.25) is 5.02 Å². The molecule has 0 bridgehead atoms. The Morgan fingerprint density at radius 1 is 1.02 bits per heavy atom. The van der Waals surface area contributed by atoms with E-state index in [4.69, 9.17) is 30.5 Å². The number of hydrogen-bond donors (Lipinski definition) is 0. The molecule has 42 heavy (non-hydrogen) atoms. The van der Waals surface area contributed by atoms with Crippen LogP contribution in [0.15, 0.2) is 53.5 Å². The van der Waals surface area contributed by atoms with E-state index in [-0.39, 0.29) is 17.4 Å². The number of pyridine rings is 1. The Labute approximate surface area is 247 Å². The van der Waals surface area contributed by atoms with Crippen molar-refractivity contribution in [2.75, 3.05) is 7.11 Å². The first-order chi connectivity index (χ1) is 20.1. The maximum absolute atomic E-state index is 14.4. The highest BCUT2D eigenvalue weighted by Gasteiger charge is 2.35. The van der Waals surface area contributed by atoms with E-state index < -0.39 is 64.1 Å². The van der Waals surface area contributed by atoms with Gasteiger partial charge in [-0.05, 0) is 44.4 Å². The molecule has 0 unspecified atom stereocenters. The zero-order chi connectivity index (χ0) is 30.4. The lowest BCUT2D eigenvalue weighted by Crippen LogP contribution is -2.36. The van der Waals surface area contributed by atoms with Crippen molar-refractivity contribution in [2.45, 2.75) is 71.0 Å². The summed E-state index contributed by atoms with van der Waals surface area (Å²) in [7, 11) is 1.21. The monoisotopic (exact) mass is 603 g/mol. The third kappa shape index (κ3) is 6.99. The predicted molar refractivity (Wildman–Crippen MR) is 151 cm³/mol. The number of methoxy groups -OCH3 is 1. The van der Waals surface area contributed by atoms with E-state index in [0.29, 0.717) is 19.4 Å². The van der Waals surface area contributed by atoms with Crippen LogP contribution in [0.4, 0.5) is 8.78 Å². The fourth-order valence-electron chi connectivity index (χ4n) is 4.94. The number of nitrogens with zero attached hydrogens (tertiary/aromatic N) is 1. The lowest BCUT2D eigenvalue weighted by molar-refractivity contribution is -0.0182. The zero-order valence-electron chi connectivity index (χ0n) is 23.5. The van der Waals surface area contributed by atoms with Gasteiger partial charge in [-0.3, -0.25) is 4.79 Å². The largest absolute Gasteiger partial charge is 0.491 e. The van der Waals surface area contributed by atoms with Crippen molar-refractivity contribution in [3.63, 3.8) is 0 Å². The Morgan fingerprint density at radius 3 is 2.43 bits per heavy atom. The Balaban J connectivity index is 1.73. The van der Waals surface area contributed by atoms with E-state index >= 15 is 0 Å². The number of halogens is 3. The van der Waals surface area contributed by atoms with Crippen molar-refractivity contribution in [1.82, 2.24) is 4.57 Å². The second-order valence-electron chi connectivity index (χ2n) is 10.2. The highest BCUT2D eigenvalue weighted by Crippen LogP contribution is 2.35. The first kappa shape index (κ1) is 31.2. The molecule has 2 atom stereocenters. The third-order valence-electron chi connectivity index (χ3n) is 6.96. The normalized spacial score (nSPS) is 16.7. The van der Waals surface area contributed by atoms with Gasteiger partial charge >= 0.3 is 11.9 Å². The first-order valence-corrected chi connectivity index (χ1v) is 14.0. The maximum atomic E-state index is 14.4. The van der Waals surface area contributed by atoms with Gasteiger partial charge in [-0.25, -0.2) is 18.4 Å². The summed E-state index contributed by atoms with van der Waals surface area (Å²) in [6, 6.07) is 11.2. The van der Waals surface area contributed by atoms with Gasteiger partial charge in [0.25, 0.3) is 0 Å². The van der Waals surface area contributed by atoms with Crippen LogP contribution >= 0.6 is 11.6 Å². The number of carbonyl (C=O) groups is 2. The van der Waals surface area contributed by atoms with Crippen LogP contribution in [0.3, 0.4) is 0 Å². The van der Waals surface area contributed by atoms with Crippen molar-refractivity contribution in [3.05, 3.63) is 97.9 Å². The number of aromatic nitrogens is 1. The van der Waals surface area contributed by atoms with Crippen LogP contribution in [0, 0.1) is 11.6 Å². The standard InChI is InChI=1S/C31H32ClF2NO7/c1-18(2)42-31(38)27-29(39-3)28(36)21(30(37)41-17-20-13-14-22(33)25(32)26(20)34)15-35(27)23-11-7-8-12-24(23)40-16-19-9-5-4-6-10-19/h4-6,9-10,13-15,18,23-24H,7-8,11-12,16-17H2,1-3H3/t23-,24-/m0/s1. The minimum Gasteiger partial charge on any atom is -0.491 e. The van der Waals surface area contributed by atoms with Gasteiger partial charge in [0, 0.05) is 11.8 Å². The molecule has 0 amide bonds. The Hall–Kier alpha value is -3.76. The fourth-order valence-corrected chi connectivity index (χ4v) is 5.12. The van der Waals surface area contributed by atoms with Gasteiger partial charge in [-0.2, -0.15) is 0 Å². The molecule has 11 heteroatoms. The van der Waals surface area contributed by atoms with Gasteiger partial charge in [0.05, 0.1) is 32.0 Å². The second kappa shape index (κ2) is 13.9. The van der Waals surface area contributed by atoms with E-state index in [1.807, 2.05) is 30.3 Å². The quantitative estimate of drug-likeness (QED) is 0.195. The number of benzene rings is 2. The summed E-state index contributed by atoms with van der Waals surface area (Å²) >= 11 is 5.63. The van der Waals surface area contributed by atoms with Crippen LogP contribution in [-0.2, 0) is 27.4 Å². The molecule has 3 aromatic rings. The molecule has 1 aliphatic carbocycles. The summed E-state index contributed by atoms with van der Waals surface area (Å²) in [6.45, 7) is 3.05. The number of ether oxygens (including phenoxy) is 4. The average Bonchev–Trinajstić information content (AvgIpc) is 2.98. The van der Waals surface area contributed by atoms with Crippen molar-refractivity contribution in [3.8, 4) is 5.75 Å². The van der Waals surface area contributed by atoms with Crippen LogP contribution in [0.1, 0.15) is 77.5 Å². The number of carbonyl (C=O) groups excluding carboxylic acids is 2. The van der Waals surface area contributed by atoms with Crippen LogP contribution in [0.5, 0.6) is 5.75 Å².